The number of hydrogen-bond donors (Lipinski definition) is 0. The van der Waals surface area contributed by atoms with Crippen molar-refractivity contribution in [1.29, 1.82) is 0 Å². The molecule has 0 bridgehead atoms. The molecule has 14 heteroatoms. The van der Waals surface area contributed by atoms with Gasteiger partial charge in [-0.15, -0.1) is 0 Å². The van der Waals surface area contributed by atoms with E-state index in [0.29, 0.717) is 67.8 Å². The van der Waals surface area contributed by atoms with E-state index in [1.807, 2.05) is 19.9 Å². The Bertz CT molecular complexity index is 2340. The lowest BCUT2D eigenvalue weighted by molar-refractivity contribution is -0.00134. The quantitative estimate of drug-likeness (QED) is 0.0223. The molecule has 0 amide bonds. The standard InChI is InChI=1S/C52H54O14/c1-51(35-62-51)33-57-28-6-8-30-59-42-20-12-39(13-21-42)48(54)64-44-24-16-38(17-25-44)47(53)61-32-46(37-10-4-3-5-11-37)66-50(56)41-18-26-45(27-19-41)65-49(55)40-14-22-43(23-15-40)60-31-9-7-29-58-34-52(2)36-63-52/h3-5,10-27,46H,6-9,28-36H2,1-2H3. The number of epoxide rings is 2. The molecule has 0 aliphatic carbocycles. The van der Waals surface area contributed by atoms with Crippen molar-refractivity contribution in [1.82, 2.24) is 0 Å². The Morgan fingerprint density at radius 2 is 0.864 bits per heavy atom. The Hall–Kier alpha value is -6.58. The normalized spacial score (nSPS) is 17.5. The summed E-state index contributed by atoms with van der Waals surface area (Å²) in [5.74, 6) is -0.762. The van der Waals surface area contributed by atoms with Gasteiger partial charge in [-0.2, -0.15) is 0 Å². The third-order valence-electron chi connectivity index (χ3n) is 10.6. The molecule has 346 valence electrons. The summed E-state index contributed by atoms with van der Waals surface area (Å²) in [6, 6.07) is 34.1. The molecular weight excluding hydrogens is 849 g/mol. The third-order valence-corrected chi connectivity index (χ3v) is 10.6. The minimum absolute atomic E-state index is 0.108. The Kier molecular flexibility index (Phi) is 16.5. The van der Waals surface area contributed by atoms with Crippen molar-refractivity contribution in [2.24, 2.45) is 0 Å². The zero-order chi connectivity index (χ0) is 46.2. The molecule has 66 heavy (non-hydrogen) atoms. The predicted octanol–water partition coefficient (Wildman–Crippen LogP) is 8.81. The Morgan fingerprint density at radius 3 is 1.29 bits per heavy atom. The van der Waals surface area contributed by atoms with E-state index in [0.717, 1.165) is 38.9 Å². The second-order valence-electron chi connectivity index (χ2n) is 16.5. The lowest BCUT2D eigenvalue weighted by atomic mass is 10.1. The summed E-state index contributed by atoms with van der Waals surface area (Å²) in [5, 5.41) is 0. The van der Waals surface area contributed by atoms with Crippen LogP contribution in [0, 0.1) is 0 Å². The van der Waals surface area contributed by atoms with E-state index in [4.69, 9.17) is 47.4 Å². The number of unbranched alkanes of at least 4 members (excludes halogenated alkanes) is 2. The maximum Gasteiger partial charge on any atom is 0.343 e. The van der Waals surface area contributed by atoms with Crippen molar-refractivity contribution in [2.75, 3.05) is 59.5 Å². The van der Waals surface area contributed by atoms with Crippen LogP contribution in [0.4, 0.5) is 0 Å². The second-order valence-corrected chi connectivity index (χ2v) is 16.5. The molecule has 0 saturated carbocycles. The van der Waals surface area contributed by atoms with Crippen LogP contribution in [-0.2, 0) is 28.4 Å². The number of rotatable bonds is 26. The summed E-state index contributed by atoms with van der Waals surface area (Å²) in [7, 11) is 0. The largest absolute Gasteiger partial charge is 0.494 e. The van der Waals surface area contributed by atoms with Gasteiger partial charge in [-0.25, -0.2) is 19.2 Å². The van der Waals surface area contributed by atoms with Gasteiger partial charge in [-0.1, -0.05) is 30.3 Å². The van der Waals surface area contributed by atoms with Crippen LogP contribution in [0.25, 0.3) is 0 Å². The molecule has 5 aromatic carbocycles. The molecule has 0 aromatic heterocycles. The monoisotopic (exact) mass is 902 g/mol. The first-order chi connectivity index (χ1) is 32.0. The fourth-order valence-electron chi connectivity index (χ4n) is 6.30. The molecule has 7 rings (SSSR count). The van der Waals surface area contributed by atoms with Crippen LogP contribution in [0.5, 0.6) is 23.0 Å². The summed E-state index contributed by atoms with van der Waals surface area (Å²) in [6.45, 7) is 8.81. The van der Waals surface area contributed by atoms with E-state index in [1.165, 1.54) is 48.5 Å². The molecule has 2 saturated heterocycles. The van der Waals surface area contributed by atoms with Crippen LogP contribution in [0.2, 0.25) is 0 Å². The molecular formula is C52H54O14. The van der Waals surface area contributed by atoms with E-state index in [9.17, 15) is 19.2 Å². The molecule has 2 aliphatic rings. The summed E-state index contributed by atoms with van der Waals surface area (Å²) >= 11 is 0. The van der Waals surface area contributed by atoms with Crippen LogP contribution >= 0.6 is 0 Å². The Balaban J connectivity index is 0.823. The molecule has 2 heterocycles. The zero-order valence-corrected chi connectivity index (χ0v) is 37.1. The summed E-state index contributed by atoms with van der Waals surface area (Å²) in [4.78, 5) is 52.1. The highest BCUT2D eigenvalue weighted by molar-refractivity contribution is 5.93. The number of esters is 4. The van der Waals surface area contributed by atoms with Crippen molar-refractivity contribution >= 4 is 23.9 Å². The van der Waals surface area contributed by atoms with Crippen LogP contribution in [0.3, 0.4) is 0 Å². The van der Waals surface area contributed by atoms with Crippen LogP contribution in [-0.4, -0.2) is 94.5 Å². The summed E-state index contributed by atoms with van der Waals surface area (Å²) in [5.41, 5.74) is 1.45. The van der Waals surface area contributed by atoms with E-state index in [1.54, 1.807) is 72.8 Å². The van der Waals surface area contributed by atoms with Crippen LogP contribution in [0.15, 0.2) is 127 Å². The van der Waals surface area contributed by atoms with Gasteiger partial charge in [0, 0.05) is 13.2 Å². The number of hydrogen-bond acceptors (Lipinski definition) is 14. The highest BCUT2D eigenvalue weighted by atomic mass is 16.6. The lowest BCUT2D eigenvalue weighted by Gasteiger charge is -2.18. The van der Waals surface area contributed by atoms with Gasteiger partial charge in [0.1, 0.15) is 40.8 Å². The molecule has 3 atom stereocenters. The van der Waals surface area contributed by atoms with E-state index in [2.05, 4.69) is 0 Å². The molecule has 0 spiro atoms. The highest BCUT2D eigenvalue weighted by Crippen LogP contribution is 2.27. The van der Waals surface area contributed by atoms with Crippen molar-refractivity contribution in [3.05, 3.63) is 155 Å². The second kappa shape index (κ2) is 23.0. The number of carbonyl (C=O) groups is 4. The average molecular weight is 903 g/mol. The third kappa shape index (κ3) is 15.0. The fraction of sp³-hybridized carbons (Fsp3) is 0.346. The van der Waals surface area contributed by atoms with Gasteiger partial charge in [-0.05, 0) is 142 Å². The molecule has 2 aliphatic heterocycles. The minimum atomic E-state index is -0.940. The Morgan fingerprint density at radius 1 is 0.485 bits per heavy atom. The molecule has 0 N–H and O–H groups in total. The van der Waals surface area contributed by atoms with E-state index < -0.39 is 30.0 Å². The zero-order valence-electron chi connectivity index (χ0n) is 37.1. The van der Waals surface area contributed by atoms with Crippen LogP contribution < -0.4 is 18.9 Å². The number of carbonyl (C=O) groups excluding carboxylic acids is 4. The van der Waals surface area contributed by atoms with Crippen LogP contribution in [0.1, 0.15) is 92.6 Å². The predicted molar refractivity (Wildman–Crippen MR) is 240 cm³/mol. The highest BCUT2D eigenvalue weighted by Gasteiger charge is 2.40. The van der Waals surface area contributed by atoms with E-state index >= 15 is 0 Å². The SMILES string of the molecule is CC1(COCCCCOc2ccc(C(=O)Oc3ccc(C(=O)OCC(OC(=O)c4ccc(OC(=O)c5ccc(OCCCCOCC6(C)CO6)cc5)cc4)c4ccccc4)cc3)cc2)CO1. The molecule has 0 radical (unpaired) electrons. The lowest BCUT2D eigenvalue weighted by Crippen LogP contribution is -2.19. The molecule has 5 aromatic rings. The first-order valence-corrected chi connectivity index (χ1v) is 22.0. The number of ether oxygens (including phenoxy) is 10. The van der Waals surface area contributed by atoms with Crippen molar-refractivity contribution < 1.29 is 66.5 Å². The topological polar surface area (TPSA) is 167 Å². The van der Waals surface area contributed by atoms with Crippen molar-refractivity contribution in [2.45, 2.75) is 56.8 Å². The summed E-state index contributed by atoms with van der Waals surface area (Å²) < 4.78 is 55.9. The maximum absolute atomic E-state index is 13.3. The van der Waals surface area contributed by atoms with Crippen molar-refractivity contribution in [3.63, 3.8) is 0 Å². The molecule has 3 unspecified atom stereocenters. The number of benzene rings is 5. The van der Waals surface area contributed by atoms with Gasteiger partial charge in [-0.3, -0.25) is 0 Å². The van der Waals surface area contributed by atoms with Gasteiger partial charge in [0.25, 0.3) is 0 Å². The van der Waals surface area contributed by atoms with Gasteiger partial charge in [0.05, 0.1) is 61.9 Å². The first kappa shape index (κ1) is 47.4. The fourth-order valence-corrected chi connectivity index (χ4v) is 6.30. The first-order valence-electron chi connectivity index (χ1n) is 22.0. The maximum atomic E-state index is 13.3. The average Bonchev–Trinajstić information content (AvgIpc) is 4.27. The van der Waals surface area contributed by atoms with E-state index in [-0.39, 0.29) is 40.4 Å². The molecule has 2 fully saturated rings. The van der Waals surface area contributed by atoms with Gasteiger partial charge in [0.2, 0.25) is 0 Å². The van der Waals surface area contributed by atoms with Gasteiger partial charge in [0.15, 0.2) is 6.10 Å². The van der Waals surface area contributed by atoms with Gasteiger partial charge >= 0.3 is 23.9 Å². The minimum Gasteiger partial charge on any atom is -0.494 e. The molecule has 14 nitrogen and oxygen atoms in total. The van der Waals surface area contributed by atoms with Gasteiger partial charge < -0.3 is 47.4 Å². The van der Waals surface area contributed by atoms with Crippen molar-refractivity contribution in [3.8, 4) is 23.0 Å². The summed E-state index contributed by atoms with van der Waals surface area (Å²) in [6.07, 6.45) is 2.45. The Labute approximate surface area is 383 Å². The smallest absolute Gasteiger partial charge is 0.343 e.